The summed E-state index contributed by atoms with van der Waals surface area (Å²) in [6.07, 6.45) is -3.01. The summed E-state index contributed by atoms with van der Waals surface area (Å²) in [7, 11) is 0. The van der Waals surface area contributed by atoms with Gasteiger partial charge in [-0.2, -0.15) is 13.2 Å². The van der Waals surface area contributed by atoms with Gasteiger partial charge in [-0.1, -0.05) is 17.7 Å². The first kappa shape index (κ1) is 15.5. The Kier molecular flexibility index (Phi) is 4.62. The number of halogens is 4. The predicted molar refractivity (Wildman–Crippen MR) is 73.0 cm³/mol. The molecule has 0 saturated carbocycles. The molecule has 0 radical (unpaired) electrons. The Hall–Kier alpha value is -1.89. The standard InChI is InChI=1S/C13H12ClF3N4/c1-2-21(8-9-5-3-4-6-18-9)11-7-10(14)19-12(20-11)13(15,16)17/h3-7H,2,8H2,1H3. The monoisotopic (exact) mass is 316 g/mol. The van der Waals surface area contributed by atoms with Crippen LogP contribution in [0.15, 0.2) is 30.5 Å². The number of nitrogens with zero attached hydrogens (tertiary/aromatic N) is 4. The van der Waals surface area contributed by atoms with E-state index in [-0.39, 0.29) is 11.0 Å². The van der Waals surface area contributed by atoms with E-state index in [9.17, 15) is 13.2 Å². The van der Waals surface area contributed by atoms with E-state index in [1.165, 1.54) is 6.07 Å². The molecule has 0 atom stereocenters. The average Bonchev–Trinajstić information content (AvgIpc) is 2.44. The van der Waals surface area contributed by atoms with Gasteiger partial charge in [0.2, 0.25) is 5.82 Å². The molecule has 4 nitrogen and oxygen atoms in total. The molecule has 0 spiro atoms. The maximum Gasteiger partial charge on any atom is 0.451 e. The summed E-state index contributed by atoms with van der Waals surface area (Å²) in [6, 6.07) is 6.67. The summed E-state index contributed by atoms with van der Waals surface area (Å²) in [6.45, 7) is 2.61. The Balaban J connectivity index is 2.32. The lowest BCUT2D eigenvalue weighted by molar-refractivity contribution is -0.144. The highest BCUT2D eigenvalue weighted by atomic mass is 35.5. The van der Waals surface area contributed by atoms with Crippen molar-refractivity contribution in [1.29, 1.82) is 0 Å². The smallest absolute Gasteiger partial charge is 0.351 e. The fourth-order valence-corrected chi connectivity index (χ4v) is 1.91. The summed E-state index contributed by atoms with van der Waals surface area (Å²) in [5, 5.41) is -0.244. The second kappa shape index (κ2) is 6.26. The molecule has 0 aromatic carbocycles. The predicted octanol–water partition coefficient (Wildman–Crippen LogP) is 3.57. The zero-order valence-electron chi connectivity index (χ0n) is 11.1. The van der Waals surface area contributed by atoms with Gasteiger partial charge in [0, 0.05) is 18.8 Å². The lowest BCUT2D eigenvalue weighted by Crippen LogP contribution is -2.25. The van der Waals surface area contributed by atoms with Gasteiger partial charge in [-0.05, 0) is 19.1 Å². The van der Waals surface area contributed by atoms with Crippen molar-refractivity contribution in [2.45, 2.75) is 19.6 Å². The minimum absolute atomic E-state index is 0.121. The summed E-state index contributed by atoms with van der Waals surface area (Å²) in [5.74, 6) is -1.13. The molecule has 2 rings (SSSR count). The van der Waals surface area contributed by atoms with Gasteiger partial charge in [-0.15, -0.1) is 0 Å². The van der Waals surface area contributed by atoms with E-state index < -0.39 is 12.0 Å². The second-order valence-electron chi connectivity index (χ2n) is 4.21. The average molecular weight is 317 g/mol. The minimum atomic E-state index is -4.63. The molecule has 2 aromatic rings. The van der Waals surface area contributed by atoms with Gasteiger partial charge in [0.25, 0.3) is 0 Å². The first-order chi connectivity index (χ1) is 9.90. The molecule has 0 unspecified atom stereocenters. The fourth-order valence-electron chi connectivity index (χ4n) is 1.74. The van der Waals surface area contributed by atoms with Crippen molar-refractivity contribution in [2.24, 2.45) is 0 Å². The molecular formula is C13H12ClF3N4. The maximum absolute atomic E-state index is 12.7. The van der Waals surface area contributed by atoms with Crippen LogP contribution < -0.4 is 4.90 Å². The Morgan fingerprint density at radius 1 is 1.24 bits per heavy atom. The molecule has 0 aliphatic carbocycles. The van der Waals surface area contributed by atoms with Crippen molar-refractivity contribution in [3.05, 3.63) is 47.1 Å². The number of pyridine rings is 1. The Morgan fingerprint density at radius 3 is 2.57 bits per heavy atom. The van der Waals surface area contributed by atoms with Gasteiger partial charge in [-0.3, -0.25) is 4.98 Å². The number of aromatic nitrogens is 3. The van der Waals surface area contributed by atoms with E-state index in [2.05, 4.69) is 15.0 Å². The molecule has 0 fully saturated rings. The lowest BCUT2D eigenvalue weighted by atomic mass is 10.3. The number of hydrogen-bond acceptors (Lipinski definition) is 4. The number of rotatable bonds is 4. The molecule has 0 saturated heterocycles. The normalized spacial score (nSPS) is 11.5. The number of hydrogen-bond donors (Lipinski definition) is 0. The van der Waals surface area contributed by atoms with Gasteiger partial charge in [0.1, 0.15) is 11.0 Å². The zero-order chi connectivity index (χ0) is 15.5. The van der Waals surface area contributed by atoms with E-state index in [0.29, 0.717) is 13.1 Å². The third-order valence-electron chi connectivity index (χ3n) is 2.72. The van der Waals surface area contributed by atoms with Gasteiger partial charge in [0.05, 0.1) is 12.2 Å². The molecule has 0 aliphatic rings. The fraction of sp³-hybridized carbons (Fsp3) is 0.308. The minimum Gasteiger partial charge on any atom is -0.351 e. The van der Waals surface area contributed by atoms with Crippen molar-refractivity contribution in [1.82, 2.24) is 15.0 Å². The molecule has 0 amide bonds. The summed E-state index contributed by atoms with van der Waals surface area (Å²) in [4.78, 5) is 12.6. The molecule has 2 aromatic heterocycles. The third kappa shape index (κ3) is 4.04. The Bertz CT molecular complexity index is 604. The van der Waals surface area contributed by atoms with Gasteiger partial charge >= 0.3 is 6.18 Å². The van der Waals surface area contributed by atoms with Crippen LogP contribution in [0.4, 0.5) is 19.0 Å². The summed E-state index contributed by atoms with van der Waals surface area (Å²) >= 11 is 5.67. The van der Waals surface area contributed by atoms with Crippen LogP contribution in [0.2, 0.25) is 5.15 Å². The van der Waals surface area contributed by atoms with Crippen molar-refractivity contribution < 1.29 is 13.2 Å². The number of anilines is 1. The van der Waals surface area contributed by atoms with Crippen LogP contribution in [0, 0.1) is 0 Å². The van der Waals surface area contributed by atoms with Gasteiger partial charge in [0.15, 0.2) is 0 Å². The van der Waals surface area contributed by atoms with E-state index in [1.54, 1.807) is 23.2 Å². The molecule has 0 N–H and O–H groups in total. The topological polar surface area (TPSA) is 41.9 Å². The van der Waals surface area contributed by atoms with E-state index in [4.69, 9.17) is 11.6 Å². The highest BCUT2D eigenvalue weighted by Gasteiger charge is 2.35. The van der Waals surface area contributed by atoms with E-state index in [1.807, 2.05) is 13.0 Å². The first-order valence-electron chi connectivity index (χ1n) is 6.16. The highest BCUT2D eigenvalue weighted by molar-refractivity contribution is 6.29. The van der Waals surface area contributed by atoms with Crippen LogP contribution in [-0.2, 0) is 12.7 Å². The summed E-state index contributed by atoms with van der Waals surface area (Å²) < 4.78 is 38.2. The van der Waals surface area contributed by atoms with Crippen LogP contribution in [0.25, 0.3) is 0 Å². The van der Waals surface area contributed by atoms with Crippen molar-refractivity contribution in [3.8, 4) is 0 Å². The summed E-state index contributed by atoms with van der Waals surface area (Å²) in [5.41, 5.74) is 0.725. The van der Waals surface area contributed by atoms with Crippen LogP contribution >= 0.6 is 11.6 Å². The maximum atomic E-state index is 12.7. The van der Waals surface area contributed by atoms with Crippen LogP contribution in [0.3, 0.4) is 0 Å². The molecule has 112 valence electrons. The molecule has 0 aliphatic heterocycles. The Labute approximate surface area is 124 Å². The van der Waals surface area contributed by atoms with Crippen LogP contribution in [0.1, 0.15) is 18.4 Å². The third-order valence-corrected chi connectivity index (χ3v) is 2.91. The lowest BCUT2D eigenvalue weighted by Gasteiger charge is -2.22. The largest absolute Gasteiger partial charge is 0.451 e. The molecule has 2 heterocycles. The molecule has 0 bridgehead atoms. The van der Waals surface area contributed by atoms with Crippen molar-refractivity contribution in [3.63, 3.8) is 0 Å². The molecule has 21 heavy (non-hydrogen) atoms. The SMILES string of the molecule is CCN(Cc1ccccn1)c1cc(Cl)nc(C(F)(F)F)n1. The first-order valence-corrected chi connectivity index (χ1v) is 6.54. The molecular weight excluding hydrogens is 305 g/mol. The van der Waals surface area contributed by atoms with Crippen molar-refractivity contribution in [2.75, 3.05) is 11.4 Å². The van der Waals surface area contributed by atoms with Gasteiger partial charge in [-0.25, -0.2) is 9.97 Å². The highest BCUT2D eigenvalue weighted by Crippen LogP contribution is 2.29. The van der Waals surface area contributed by atoms with E-state index in [0.717, 1.165) is 5.69 Å². The second-order valence-corrected chi connectivity index (χ2v) is 4.59. The van der Waals surface area contributed by atoms with Gasteiger partial charge < -0.3 is 4.90 Å². The van der Waals surface area contributed by atoms with Crippen molar-refractivity contribution >= 4 is 17.4 Å². The van der Waals surface area contributed by atoms with Crippen LogP contribution in [-0.4, -0.2) is 21.5 Å². The Morgan fingerprint density at radius 2 is 2.00 bits per heavy atom. The quantitative estimate of drug-likeness (QED) is 0.809. The zero-order valence-corrected chi connectivity index (χ0v) is 11.9. The number of alkyl halides is 3. The van der Waals surface area contributed by atoms with E-state index >= 15 is 0 Å². The molecule has 8 heteroatoms. The van der Waals surface area contributed by atoms with Crippen LogP contribution in [0.5, 0.6) is 0 Å².